The Balaban J connectivity index is 1.80. The molecule has 0 aliphatic carbocycles. The highest BCUT2D eigenvalue weighted by atomic mass is 32.2. The van der Waals surface area contributed by atoms with Gasteiger partial charge in [-0.05, 0) is 31.2 Å². The molecular weight excluding hydrogens is 374 g/mol. The lowest BCUT2D eigenvalue weighted by atomic mass is 10.2. The Morgan fingerprint density at radius 2 is 1.68 bits per heavy atom. The lowest BCUT2D eigenvalue weighted by molar-refractivity contribution is 0.585. The topological polar surface area (TPSA) is 78.4 Å². The molecule has 3 aromatic rings. The molecule has 7 nitrogen and oxygen atoms in total. The van der Waals surface area contributed by atoms with E-state index in [1.165, 1.54) is 7.05 Å². The van der Waals surface area contributed by atoms with Crippen LogP contribution in [0.3, 0.4) is 0 Å². The summed E-state index contributed by atoms with van der Waals surface area (Å²) in [6.45, 7) is 5.28. The number of nitrogens with one attached hydrogen (secondary N) is 1. The van der Waals surface area contributed by atoms with Gasteiger partial charge in [0.2, 0.25) is 5.95 Å². The number of sulfonamides is 1. The zero-order chi connectivity index (χ0) is 19.7. The molecule has 2 aromatic carbocycles. The van der Waals surface area contributed by atoms with E-state index in [2.05, 4.69) is 20.2 Å². The molecule has 0 bridgehead atoms. The summed E-state index contributed by atoms with van der Waals surface area (Å²) in [7, 11) is -2.25. The largest absolute Gasteiger partial charge is 0.353 e. The molecule has 146 valence electrons. The molecule has 2 heterocycles. The second-order valence-corrected chi connectivity index (χ2v) is 8.86. The number of fused-ring (bicyclic) bond motifs is 1. The minimum atomic E-state index is -3.75. The number of rotatable bonds is 4. The SMILES string of the molecule is Cc1ccc(S(=O)(=O)N(C)c2nc(N3CCNCC3)c3ccccc3n2)cc1. The number of aryl methyl sites for hydroxylation is 1. The van der Waals surface area contributed by atoms with E-state index in [1.807, 2.05) is 31.2 Å². The van der Waals surface area contributed by atoms with Crippen LogP contribution in [0.25, 0.3) is 10.9 Å². The first-order chi connectivity index (χ1) is 13.5. The van der Waals surface area contributed by atoms with Crippen molar-refractivity contribution in [2.24, 2.45) is 0 Å². The van der Waals surface area contributed by atoms with Crippen molar-refractivity contribution in [2.75, 3.05) is 42.4 Å². The first kappa shape index (κ1) is 18.6. The number of para-hydroxylation sites is 1. The lowest BCUT2D eigenvalue weighted by Gasteiger charge is -2.30. The minimum Gasteiger partial charge on any atom is -0.353 e. The molecule has 0 spiro atoms. The third-order valence-corrected chi connectivity index (χ3v) is 6.70. The van der Waals surface area contributed by atoms with Crippen LogP contribution in [0.4, 0.5) is 11.8 Å². The van der Waals surface area contributed by atoms with Crippen LogP contribution in [0.1, 0.15) is 5.56 Å². The molecule has 0 saturated carbocycles. The molecule has 1 aromatic heterocycles. The van der Waals surface area contributed by atoms with E-state index in [-0.39, 0.29) is 10.8 Å². The Bertz CT molecular complexity index is 1090. The number of benzene rings is 2. The zero-order valence-corrected chi connectivity index (χ0v) is 16.8. The maximum absolute atomic E-state index is 13.1. The molecule has 1 aliphatic rings. The fourth-order valence-corrected chi connectivity index (χ4v) is 4.38. The van der Waals surface area contributed by atoms with Crippen molar-refractivity contribution in [3.8, 4) is 0 Å². The molecule has 1 saturated heterocycles. The Kier molecular flexibility index (Phi) is 4.91. The standard InChI is InChI=1S/C20H23N5O2S/c1-15-7-9-16(10-8-15)28(26,27)24(2)20-22-18-6-4-3-5-17(18)19(23-20)25-13-11-21-12-14-25/h3-10,21H,11-14H2,1-2H3. The number of hydrogen-bond acceptors (Lipinski definition) is 6. The summed E-state index contributed by atoms with van der Waals surface area (Å²) in [5.41, 5.74) is 1.73. The third-order valence-electron chi connectivity index (χ3n) is 4.95. The lowest BCUT2D eigenvalue weighted by Crippen LogP contribution is -2.44. The van der Waals surface area contributed by atoms with Crippen LogP contribution in [0, 0.1) is 6.92 Å². The summed E-state index contributed by atoms with van der Waals surface area (Å²) in [6.07, 6.45) is 0. The van der Waals surface area contributed by atoms with E-state index < -0.39 is 10.0 Å². The Morgan fingerprint density at radius 1 is 1.00 bits per heavy atom. The summed E-state index contributed by atoms with van der Waals surface area (Å²) in [5.74, 6) is 0.945. The van der Waals surface area contributed by atoms with Crippen LogP contribution in [-0.2, 0) is 10.0 Å². The predicted octanol–water partition coefficient (Wildman–Crippen LogP) is 2.17. The zero-order valence-electron chi connectivity index (χ0n) is 16.0. The number of anilines is 2. The maximum atomic E-state index is 13.1. The highest BCUT2D eigenvalue weighted by Crippen LogP contribution is 2.28. The quantitative estimate of drug-likeness (QED) is 0.727. The van der Waals surface area contributed by atoms with E-state index in [0.29, 0.717) is 0 Å². The molecule has 1 fully saturated rings. The van der Waals surface area contributed by atoms with Gasteiger partial charge in [-0.1, -0.05) is 29.8 Å². The van der Waals surface area contributed by atoms with Gasteiger partial charge in [0.05, 0.1) is 10.4 Å². The van der Waals surface area contributed by atoms with Gasteiger partial charge in [-0.3, -0.25) is 0 Å². The van der Waals surface area contributed by atoms with Crippen LogP contribution in [0.5, 0.6) is 0 Å². The molecule has 0 atom stereocenters. The maximum Gasteiger partial charge on any atom is 0.266 e. The van der Waals surface area contributed by atoms with Gasteiger partial charge in [0.25, 0.3) is 10.0 Å². The number of hydrogen-bond donors (Lipinski definition) is 1. The molecule has 28 heavy (non-hydrogen) atoms. The average Bonchev–Trinajstić information content (AvgIpc) is 2.73. The minimum absolute atomic E-state index is 0.174. The summed E-state index contributed by atoms with van der Waals surface area (Å²) >= 11 is 0. The van der Waals surface area contributed by atoms with Crippen LogP contribution in [0.15, 0.2) is 53.4 Å². The molecule has 1 N–H and O–H groups in total. The van der Waals surface area contributed by atoms with Crippen molar-refractivity contribution in [1.82, 2.24) is 15.3 Å². The Labute approximate surface area is 165 Å². The van der Waals surface area contributed by atoms with Gasteiger partial charge in [-0.15, -0.1) is 0 Å². The van der Waals surface area contributed by atoms with Crippen molar-refractivity contribution in [1.29, 1.82) is 0 Å². The Morgan fingerprint density at radius 3 is 2.39 bits per heavy atom. The van der Waals surface area contributed by atoms with Crippen molar-refractivity contribution < 1.29 is 8.42 Å². The van der Waals surface area contributed by atoms with E-state index in [9.17, 15) is 8.42 Å². The second kappa shape index (κ2) is 7.37. The van der Waals surface area contributed by atoms with Crippen LogP contribution in [0.2, 0.25) is 0 Å². The molecule has 8 heteroatoms. The smallest absolute Gasteiger partial charge is 0.266 e. The molecule has 0 unspecified atom stereocenters. The average molecular weight is 398 g/mol. The van der Waals surface area contributed by atoms with Gasteiger partial charge >= 0.3 is 0 Å². The fraction of sp³-hybridized carbons (Fsp3) is 0.300. The second-order valence-electron chi connectivity index (χ2n) is 6.89. The summed E-state index contributed by atoms with van der Waals surface area (Å²) in [4.78, 5) is 11.6. The van der Waals surface area contributed by atoms with Crippen LogP contribution < -0.4 is 14.5 Å². The number of nitrogens with zero attached hydrogens (tertiary/aromatic N) is 4. The fourth-order valence-electron chi connectivity index (χ4n) is 3.28. The van der Waals surface area contributed by atoms with Gasteiger partial charge in [-0.2, -0.15) is 4.98 Å². The number of aromatic nitrogens is 2. The van der Waals surface area contributed by atoms with Gasteiger partial charge in [-0.25, -0.2) is 17.7 Å². The van der Waals surface area contributed by atoms with E-state index in [4.69, 9.17) is 0 Å². The Hall–Kier alpha value is -2.71. The van der Waals surface area contributed by atoms with E-state index >= 15 is 0 Å². The van der Waals surface area contributed by atoms with E-state index in [0.717, 1.165) is 52.8 Å². The van der Waals surface area contributed by atoms with Crippen molar-refractivity contribution >= 4 is 32.7 Å². The van der Waals surface area contributed by atoms with Crippen LogP contribution >= 0.6 is 0 Å². The molecule has 0 radical (unpaired) electrons. The number of piperazine rings is 1. The van der Waals surface area contributed by atoms with Gasteiger partial charge in [0, 0.05) is 38.6 Å². The summed E-state index contributed by atoms with van der Waals surface area (Å²) < 4.78 is 27.3. The first-order valence-corrected chi connectivity index (χ1v) is 10.7. The third kappa shape index (κ3) is 3.41. The van der Waals surface area contributed by atoms with E-state index in [1.54, 1.807) is 24.3 Å². The predicted molar refractivity (Wildman–Crippen MR) is 111 cm³/mol. The van der Waals surface area contributed by atoms with Crippen molar-refractivity contribution in [3.63, 3.8) is 0 Å². The summed E-state index contributed by atoms with van der Waals surface area (Å²) in [6, 6.07) is 14.5. The summed E-state index contributed by atoms with van der Waals surface area (Å²) in [5, 5.41) is 4.25. The molecule has 0 amide bonds. The molecular formula is C20H23N5O2S. The molecule has 1 aliphatic heterocycles. The normalized spacial score (nSPS) is 15.0. The van der Waals surface area contributed by atoms with Gasteiger partial charge in [0.1, 0.15) is 5.82 Å². The highest BCUT2D eigenvalue weighted by molar-refractivity contribution is 7.92. The van der Waals surface area contributed by atoms with Gasteiger partial charge < -0.3 is 10.2 Å². The first-order valence-electron chi connectivity index (χ1n) is 9.25. The van der Waals surface area contributed by atoms with Crippen molar-refractivity contribution in [2.45, 2.75) is 11.8 Å². The van der Waals surface area contributed by atoms with Crippen LogP contribution in [-0.4, -0.2) is 51.6 Å². The highest BCUT2D eigenvalue weighted by Gasteiger charge is 2.25. The monoisotopic (exact) mass is 397 g/mol. The molecule has 4 rings (SSSR count). The van der Waals surface area contributed by atoms with Gasteiger partial charge in [0.15, 0.2) is 0 Å². The van der Waals surface area contributed by atoms with Crippen molar-refractivity contribution in [3.05, 3.63) is 54.1 Å².